The fourth-order valence-corrected chi connectivity index (χ4v) is 2.81. The van der Waals surface area contributed by atoms with Crippen LogP contribution in [0.25, 0.3) is 0 Å². The van der Waals surface area contributed by atoms with Crippen LogP contribution in [0.15, 0.2) is 81.3 Å². The molecule has 0 aliphatic heterocycles. The van der Waals surface area contributed by atoms with E-state index in [9.17, 15) is 4.79 Å². The van der Waals surface area contributed by atoms with Crippen molar-refractivity contribution >= 4 is 5.96 Å². The number of rotatable bonds is 8. The molecule has 0 fully saturated rings. The van der Waals surface area contributed by atoms with Crippen molar-refractivity contribution in [3.63, 3.8) is 0 Å². The molecule has 0 saturated heterocycles. The van der Waals surface area contributed by atoms with E-state index in [0.717, 1.165) is 42.4 Å². The summed E-state index contributed by atoms with van der Waals surface area (Å²) in [5, 5.41) is 6.57. The van der Waals surface area contributed by atoms with Crippen molar-refractivity contribution in [2.45, 2.75) is 26.4 Å². The van der Waals surface area contributed by atoms with Crippen molar-refractivity contribution in [3.8, 4) is 0 Å². The molecule has 0 unspecified atom stereocenters. The average Bonchev–Trinajstić information content (AvgIpc) is 3.22. The first-order valence-electron chi connectivity index (χ1n) is 9.52. The number of nitrogens with zero attached hydrogens (tertiary/aromatic N) is 2. The molecule has 0 aliphatic carbocycles. The number of furan rings is 1. The van der Waals surface area contributed by atoms with Gasteiger partial charge in [-0.25, -0.2) is 4.99 Å². The lowest BCUT2D eigenvalue weighted by Gasteiger charge is -2.11. The Balaban J connectivity index is 1.54. The summed E-state index contributed by atoms with van der Waals surface area (Å²) in [5.41, 5.74) is 2.21. The summed E-state index contributed by atoms with van der Waals surface area (Å²) in [6.07, 6.45) is 4.30. The number of aliphatic imine (C=N–C) groups is 1. The summed E-state index contributed by atoms with van der Waals surface area (Å²) in [7, 11) is 0. The summed E-state index contributed by atoms with van der Waals surface area (Å²) < 4.78 is 7.04. The van der Waals surface area contributed by atoms with Gasteiger partial charge in [0.25, 0.3) is 5.56 Å². The van der Waals surface area contributed by atoms with Crippen LogP contribution in [0.5, 0.6) is 0 Å². The highest BCUT2D eigenvalue weighted by Gasteiger charge is 2.01. The molecular weight excluding hydrogens is 352 g/mol. The SMILES string of the molecule is CCNC(=NCc1ccc(Cn2ccccc2=O)cc1)NCCc1ccco1. The average molecular weight is 378 g/mol. The van der Waals surface area contributed by atoms with Crippen LogP contribution in [0, 0.1) is 0 Å². The molecule has 0 aliphatic rings. The first-order chi connectivity index (χ1) is 13.7. The predicted molar refractivity (Wildman–Crippen MR) is 111 cm³/mol. The Kier molecular flexibility index (Phi) is 7.07. The van der Waals surface area contributed by atoms with Crippen LogP contribution >= 0.6 is 0 Å². The third-order valence-electron chi connectivity index (χ3n) is 4.28. The Morgan fingerprint density at radius 3 is 2.57 bits per heavy atom. The van der Waals surface area contributed by atoms with Gasteiger partial charge in [-0.1, -0.05) is 30.3 Å². The zero-order valence-electron chi connectivity index (χ0n) is 16.1. The minimum atomic E-state index is 0.00656. The van der Waals surface area contributed by atoms with E-state index in [1.165, 1.54) is 0 Å². The molecule has 0 atom stereocenters. The summed E-state index contributed by atoms with van der Waals surface area (Å²) in [5.74, 6) is 1.74. The van der Waals surface area contributed by atoms with Crippen LogP contribution in [0.2, 0.25) is 0 Å². The normalized spacial score (nSPS) is 11.4. The second-order valence-electron chi connectivity index (χ2n) is 6.43. The molecule has 28 heavy (non-hydrogen) atoms. The number of aromatic nitrogens is 1. The predicted octanol–water partition coefficient (Wildman–Crippen LogP) is 2.79. The maximum Gasteiger partial charge on any atom is 0.250 e. The minimum Gasteiger partial charge on any atom is -0.469 e. The lowest BCUT2D eigenvalue weighted by atomic mass is 10.1. The van der Waals surface area contributed by atoms with Gasteiger partial charge in [0.1, 0.15) is 5.76 Å². The van der Waals surface area contributed by atoms with Crippen LogP contribution in [0.1, 0.15) is 23.8 Å². The van der Waals surface area contributed by atoms with Gasteiger partial charge in [0.05, 0.1) is 19.4 Å². The highest BCUT2D eigenvalue weighted by Crippen LogP contribution is 2.07. The molecule has 0 spiro atoms. The topological polar surface area (TPSA) is 71.6 Å². The molecule has 0 bridgehead atoms. The van der Waals surface area contributed by atoms with Gasteiger partial charge in [0.2, 0.25) is 0 Å². The minimum absolute atomic E-state index is 0.00656. The summed E-state index contributed by atoms with van der Waals surface area (Å²) >= 11 is 0. The van der Waals surface area contributed by atoms with Crippen LogP contribution in [0.3, 0.4) is 0 Å². The first-order valence-corrected chi connectivity index (χ1v) is 9.52. The fraction of sp³-hybridized carbons (Fsp3) is 0.273. The molecule has 0 saturated carbocycles. The largest absolute Gasteiger partial charge is 0.469 e. The van der Waals surface area contributed by atoms with Crippen LogP contribution in [0.4, 0.5) is 0 Å². The fourth-order valence-electron chi connectivity index (χ4n) is 2.81. The van der Waals surface area contributed by atoms with Crippen LogP contribution < -0.4 is 16.2 Å². The number of benzene rings is 1. The van der Waals surface area contributed by atoms with Crippen molar-refractivity contribution in [2.24, 2.45) is 4.99 Å². The molecule has 2 aromatic heterocycles. The molecule has 2 N–H and O–H groups in total. The van der Waals surface area contributed by atoms with Crippen LogP contribution in [-0.4, -0.2) is 23.6 Å². The van der Waals surface area contributed by atoms with Gasteiger partial charge in [-0.3, -0.25) is 4.79 Å². The van der Waals surface area contributed by atoms with Gasteiger partial charge < -0.3 is 19.6 Å². The van der Waals surface area contributed by atoms with Crippen molar-refractivity contribution in [2.75, 3.05) is 13.1 Å². The number of hydrogen-bond acceptors (Lipinski definition) is 3. The van der Waals surface area contributed by atoms with E-state index in [4.69, 9.17) is 4.42 Å². The Bertz CT molecular complexity index is 928. The summed E-state index contributed by atoms with van der Waals surface area (Å²) in [4.78, 5) is 16.5. The second kappa shape index (κ2) is 10.2. The van der Waals surface area contributed by atoms with E-state index in [1.807, 2.05) is 37.3 Å². The van der Waals surface area contributed by atoms with Gasteiger partial charge >= 0.3 is 0 Å². The molecule has 6 nitrogen and oxygen atoms in total. The smallest absolute Gasteiger partial charge is 0.250 e. The first kappa shape index (κ1) is 19.5. The van der Waals surface area contributed by atoms with Crippen molar-refractivity contribution in [1.82, 2.24) is 15.2 Å². The maximum absolute atomic E-state index is 11.8. The Morgan fingerprint density at radius 2 is 1.86 bits per heavy atom. The highest BCUT2D eigenvalue weighted by molar-refractivity contribution is 5.79. The summed E-state index contributed by atoms with van der Waals surface area (Å²) in [6, 6.07) is 17.3. The summed E-state index contributed by atoms with van der Waals surface area (Å²) in [6.45, 7) is 4.76. The van der Waals surface area contributed by atoms with E-state index >= 15 is 0 Å². The van der Waals surface area contributed by atoms with Crippen molar-refractivity contribution in [3.05, 3.63) is 94.3 Å². The van der Waals surface area contributed by atoms with E-state index < -0.39 is 0 Å². The lowest BCUT2D eigenvalue weighted by molar-refractivity contribution is 0.507. The molecule has 146 valence electrons. The van der Waals surface area contributed by atoms with Crippen LogP contribution in [-0.2, 0) is 19.5 Å². The molecule has 3 aromatic rings. The molecule has 6 heteroatoms. The zero-order chi connectivity index (χ0) is 19.6. The van der Waals surface area contributed by atoms with Crippen molar-refractivity contribution < 1.29 is 4.42 Å². The van der Waals surface area contributed by atoms with Gasteiger partial charge in [-0.15, -0.1) is 0 Å². The van der Waals surface area contributed by atoms with E-state index in [0.29, 0.717) is 13.1 Å². The van der Waals surface area contributed by atoms with E-state index in [-0.39, 0.29) is 5.56 Å². The van der Waals surface area contributed by atoms with Crippen molar-refractivity contribution in [1.29, 1.82) is 0 Å². The molecular formula is C22H26N4O2. The lowest BCUT2D eigenvalue weighted by Crippen LogP contribution is -2.38. The number of nitrogens with one attached hydrogen (secondary N) is 2. The number of hydrogen-bond donors (Lipinski definition) is 2. The highest BCUT2D eigenvalue weighted by atomic mass is 16.3. The van der Waals surface area contributed by atoms with E-state index in [1.54, 1.807) is 29.2 Å². The van der Waals surface area contributed by atoms with E-state index in [2.05, 4.69) is 27.8 Å². The monoisotopic (exact) mass is 378 g/mol. The van der Waals surface area contributed by atoms with Gasteiger partial charge in [0, 0.05) is 31.8 Å². The molecule has 2 heterocycles. The standard InChI is InChI=1S/C22H26N4O2/c1-2-23-22(24-13-12-20-6-5-15-28-20)25-16-18-8-10-19(11-9-18)17-26-14-4-3-7-21(26)27/h3-11,14-15H,2,12-13,16-17H2,1H3,(H2,23,24,25). The third-order valence-corrected chi connectivity index (χ3v) is 4.28. The number of pyridine rings is 1. The van der Waals surface area contributed by atoms with Gasteiger partial charge in [0.15, 0.2) is 5.96 Å². The molecule has 1 aromatic carbocycles. The molecule has 0 amide bonds. The second-order valence-corrected chi connectivity index (χ2v) is 6.43. The Morgan fingerprint density at radius 1 is 1.04 bits per heavy atom. The maximum atomic E-state index is 11.8. The Hall–Kier alpha value is -3.28. The molecule has 3 rings (SSSR count). The third kappa shape index (κ3) is 5.87. The van der Waals surface area contributed by atoms with Gasteiger partial charge in [-0.2, -0.15) is 0 Å². The quantitative estimate of drug-likeness (QED) is 0.467. The molecule has 0 radical (unpaired) electrons. The zero-order valence-corrected chi connectivity index (χ0v) is 16.1. The number of guanidine groups is 1. The van der Waals surface area contributed by atoms with Gasteiger partial charge in [-0.05, 0) is 36.2 Å². The Labute approximate surface area is 164 Å².